The summed E-state index contributed by atoms with van der Waals surface area (Å²) >= 11 is 5.93. The molecule has 10 nitrogen and oxygen atoms in total. The molecule has 0 amide bonds. The quantitative estimate of drug-likeness (QED) is 0.300. The largest absolute Gasteiger partial charge is 0.354 e. The number of benzene rings is 2. The summed E-state index contributed by atoms with van der Waals surface area (Å²) in [5.41, 5.74) is 0.517. The molecule has 1 aliphatic rings. The van der Waals surface area contributed by atoms with Crippen molar-refractivity contribution in [2.45, 2.75) is 24.3 Å². The minimum absolute atomic E-state index is 0.219. The van der Waals surface area contributed by atoms with Gasteiger partial charge in [-0.25, -0.2) is 27.4 Å². The Labute approximate surface area is 231 Å². The lowest BCUT2D eigenvalue weighted by Gasteiger charge is -2.34. The Morgan fingerprint density at radius 1 is 0.974 bits per heavy atom. The number of sulfonamides is 1. The highest BCUT2D eigenvalue weighted by Gasteiger charge is 2.29. The van der Waals surface area contributed by atoms with Crippen molar-refractivity contribution in [3.05, 3.63) is 100 Å². The Morgan fingerprint density at radius 2 is 1.67 bits per heavy atom. The van der Waals surface area contributed by atoms with Crippen LogP contribution in [0.3, 0.4) is 0 Å². The van der Waals surface area contributed by atoms with Gasteiger partial charge in [0.1, 0.15) is 18.2 Å². The number of hydrogen-bond acceptors (Lipinski definition) is 7. The van der Waals surface area contributed by atoms with Gasteiger partial charge in [-0.1, -0.05) is 36.7 Å². The Hall–Kier alpha value is -3.80. The fraction of sp³-hybridized carbons (Fsp3) is 0.259. The third-order valence-electron chi connectivity index (χ3n) is 6.76. The summed E-state index contributed by atoms with van der Waals surface area (Å²) in [5, 5.41) is 4.74. The van der Waals surface area contributed by atoms with E-state index in [1.807, 2.05) is 11.8 Å². The molecule has 2 aromatic carbocycles. The molecule has 0 N–H and O–H groups in total. The highest BCUT2D eigenvalue weighted by Crippen LogP contribution is 2.21. The highest BCUT2D eigenvalue weighted by molar-refractivity contribution is 7.89. The first-order valence-corrected chi connectivity index (χ1v) is 14.3. The van der Waals surface area contributed by atoms with Crippen LogP contribution in [-0.2, 0) is 10.0 Å². The molecule has 39 heavy (non-hydrogen) atoms. The van der Waals surface area contributed by atoms with Crippen molar-refractivity contribution in [1.29, 1.82) is 0 Å². The molecule has 0 radical (unpaired) electrons. The second kappa shape index (κ2) is 11.1. The number of ketones is 1. The van der Waals surface area contributed by atoms with Gasteiger partial charge in [-0.2, -0.15) is 9.40 Å². The summed E-state index contributed by atoms with van der Waals surface area (Å²) in [4.78, 5) is 33.0. The Balaban J connectivity index is 1.28. The fourth-order valence-electron chi connectivity index (χ4n) is 4.59. The molecular weight excluding hydrogens is 540 g/mol. The first-order valence-electron chi connectivity index (χ1n) is 12.5. The van der Waals surface area contributed by atoms with Crippen molar-refractivity contribution in [1.82, 2.24) is 23.6 Å². The zero-order valence-corrected chi connectivity index (χ0v) is 22.8. The molecule has 0 spiro atoms. The predicted molar refractivity (Wildman–Crippen MR) is 148 cm³/mol. The molecule has 5 rings (SSSR count). The van der Waals surface area contributed by atoms with Crippen LogP contribution in [-0.4, -0.2) is 64.0 Å². The van der Waals surface area contributed by atoms with Gasteiger partial charge in [-0.3, -0.25) is 4.79 Å². The maximum absolute atomic E-state index is 13.2. The number of Topliss-reactive ketones (excluding diaryl/α,β-unsaturated/α-hetero) is 1. The highest BCUT2D eigenvalue weighted by atomic mass is 35.5. The number of pyridine rings is 1. The predicted octanol–water partition coefficient (Wildman–Crippen LogP) is 3.43. The maximum Gasteiger partial charge on any atom is 0.351 e. The lowest BCUT2D eigenvalue weighted by molar-refractivity contribution is 0.0911. The van der Waals surface area contributed by atoms with E-state index in [1.165, 1.54) is 19.9 Å². The number of carbonyl (C=O) groups is 1. The summed E-state index contributed by atoms with van der Waals surface area (Å²) in [6, 6.07) is 17.7. The van der Waals surface area contributed by atoms with Gasteiger partial charge >= 0.3 is 5.69 Å². The van der Waals surface area contributed by atoms with Gasteiger partial charge in [0, 0.05) is 36.8 Å². The van der Waals surface area contributed by atoms with Crippen molar-refractivity contribution in [2.75, 3.05) is 31.1 Å². The third-order valence-corrected chi connectivity index (χ3v) is 8.93. The molecule has 1 atom stereocenters. The van der Waals surface area contributed by atoms with Crippen LogP contribution < -0.4 is 10.6 Å². The normalized spacial score (nSPS) is 15.3. The molecule has 4 aromatic rings. The van der Waals surface area contributed by atoms with E-state index in [0.717, 1.165) is 0 Å². The standard InChI is InChI=1S/C27H27ClN6O4S/c1-2-24(26(35)20-8-10-21(28)11-9-20)34-27(36)33(19-30-34)22-12-13-25(29-18-22)31-14-16-32(17-15-31)39(37,38)23-6-4-3-5-7-23/h3-13,18-19,24H,2,14-17H2,1H3. The van der Waals surface area contributed by atoms with Gasteiger partial charge in [0.05, 0.1) is 16.8 Å². The van der Waals surface area contributed by atoms with Gasteiger partial charge in [-0.15, -0.1) is 0 Å². The lowest BCUT2D eigenvalue weighted by Crippen LogP contribution is -2.48. The maximum atomic E-state index is 13.2. The van der Waals surface area contributed by atoms with Gasteiger partial charge in [0.25, 0.3) is 0 Å². The number of nitrogens with zero attached hydrogens (tertiary/aromatic N) is 6. The number of rotatable bonds is 8. The molecule has 1 aliphatic heterocycles. The summed E-state index contributed by atoms with van der Waals surface area (Å²) in [7, 11) is -3.54. The smallest absolute Gasteiger partial charge is 0.351 e. The van der Waals surface area contributed by atoms with Crippen molar-refractivity contribution >= 4 is 33.2 Å². The van der Waals surface area contributed by atoms with Crippen LogP contribution in [0.4, 0.5) is 5.82 Å². The number of anilines is 1. The number of hydrogen-bond donors (Lipinski definition) is 0. The van der Waals surface area contributed by atoms with E-state index in [1.54, 1.807) is 72.9 Å². The molecule has 1 fully saturated rings. The minimum Gasteiger partial charge on any atom is -0.354 e. The fourth-order valence-corrected chi connectivity index (χ4v) is 6.16. The average Bonchev–Trinajstić information content (AvgIpc) is 3.35. The van der Waals surface area contributed by atoms with E-state index in [-0.39, 0.29) is 10.7 Å². The van der Waals surface area contributed by atoms with Crippen LogP contribution >= 0.6 is 11.6 Å². The van der Waals surface area contributed by atoms with Crippen LogP contribution in [0.15, 0.2) is 88.9 Å². The molecule has 0 aliphatic carbocycles. The Kier molecular flexibility index (Phi) is 7.65. The number of piperazine rings is 1. The van der Waals surface area contributed by atoms with Gasteiger partial charge in [0.2, 0.25) is 10.0 Å². The van der Waals surface area contributed by atoms with E-state index < -0.39 is 21.8 Å². The summed E-state index contributed by atoms with van der Waals surface area (Å²) < 4.78 is 29.8. The van der Waals surface area contributed by atoms with Crippen molar-refractivity contribution in [2.24, 2.45) is 0 Å². The molecule has 202 valence electrons. The summed E-state index contributed by atoms with van der Waals surface area (Å²) in [6.07, 6.45) is 3.34. The van der Waals surface area contributed by atoms with E-state index in [2.05, 4.69) is 10.1 Å². The Morgan fingerprint density at radius 3 is 2.28 bits per heavy atom. The van der Waals surface area contributed by atoms with Crippen molar-refractivity contribution in [3.63, 3.8) is 0 Å². The average molecular weight is 567 g/mol. The summed E-state index contributed by atoms with van der Waals surface area (Å²) in [6.45, 7) is 3.48. The first kappa shape index (κ1) is 26.8. The zero-order valence-electron chi connectivity index (χ0n) is 21.2. The topological polar surface area (TPSA) is 110 Å². The SMILES string of the molecule is CCC(C(=O)c1ccc(Cl)cc1)n1ncn(-c2ccc(N3CCN(S(=O)(=O)c4ccccc4)CC3)nc2)c1=O. The van der Waals surface area contributed by atoms with Crippen molar-refractivity contribution < 1.29 is 13.2 Å². The number of aromatic nitrogens is 4. The van der Waals surface area contributed by atoms with E-state index in [0.29, 0.717) is 54.7 Å². The lowest BCUT2D eigenvalue weighted by atomic mass is 10.0. The van der Waals surface area contributed by atoms with Gasteiger partial charge in [0.15, 0.2) is 5.78 Å². The van der Waals surface area contributed by atoms with E-state index >= 15 is 0 Å². The van der Waals surface area contributed by atoms with E-state index in [9.17, 15) is 18.0 Å². The molecule has 3 heterocycles. The van der Waals surface area contributed by atoms with Crippen LogP contribution in [0, 0.1) is 0 Å². The monoisotopic (exact) mass is 566 g/mol. The van der Waals surface area contributed by atoms with E-state index in [4.69, 9.17) is 11.6 Å². The molecule has 1 saturated heterocycles. The summed E-state index contributed by atoms with van der Waals surface area (Å²) in [5.74, 6) is 0.462. The molecule has 12 heteroatoms. The third kappa shape index (κ3) is 5.38. The van der Waals surface area contributed by atoms with Crippen LogP contribution in [0.25, 0.3) is 5.69 Å². The molecule has 1 unspecified atom stereocenters. The minimum atomic E-state index is -3.54. The van der Waals surface area contributed by atoms with Crippen molar-refractivity contribution in [3.8, 4) is 5.69 Å². The first-order chi connectivity index (χ1) is 18.8. The number of carbonyl (C=O) groups excluding carboxylic acids is 1. The second-order valence-electron chi connectivity index (χ2n) is 9.10. The van der Waals surface area contributed by atoms with Gasteiger partial charge < -0.3 is 4.90 Å². The Bertz CT molecular complexity index is 1610. The van der Waals surface area contributed by atoms with Crippen LogP contribution in [0.1, 0.15) is 29.7 Å². The molecular formula is C27H27ClN6O4S. The second-order valence-corrected chi connectivity index (χ2v) is 11.5. The molecule has 2 aromatic heterocycles. The van der Waals surface area contributed by atoms with Crippen LogP contribution in [0.2, 0.25) is 5.02 Å². The number of halogens is 1. The van der Waals surface area contributed by atoms with Crippen LogP contribution in [0.5, 0.6) is 0 Å². The molecule has 0 saturated carbocycles. The molecule has 0 bridgehead atoms. The van der Waals surface area contributed by atoms with Gasteiger partial charge in [-0.05, 0) is 55.0 Å². The zero-order chi connectivity index (χ0) is 27.6.